The van der Waals surface area contributed by atoms with Crippen molar-refractivity contribution < 1.29 is 14.3 Å². The van der Waals surface area contributed by atoms with Gasteiger partial charge in [0.1, 0.15) is 18.0 Å². The topological polar surface area (TPSA) is 98.1 Å². The van der Waals surface area contributed by atoms with Gasteiger partial charge in [-0.3, -0.25) is 9.80 Å². The van der Waals surface area contributed by atoms with Crippen molar-refractivity contribution in [1.29, 1.82) is 5.26 Å². The van der Waals surface area contributed by atoms with Crippen LogP contribution < -0.4 is 9.64 Å². The summed E-state index contributed by atoms with van der Waals surface area (Å²) in [6.45, 7) is 18.9. The summed E-state index contributed by atoms with van der Waals surface area (Å²) in [5.74, 6) is 2.03. The van der Waals surface area contributed by atoms with Gasteiger partial charge in [0, 0.05) is 81.6 Å². The van der Waals surface area contributed by atoms with Gasteiger partial charge in [0.25, 0.3) is 0 Å². The van der Waals surface area contributed by atoms with Crippen molar-refractivity contribution in [2.45, 2.75) is 64.7 Å². The number of hydrogen-bond donors (Lipinski definition) is 0. The van der Waals surface area contributed by atoms with E-state index < -0.39 is 5.60 Å². The number of piperazine rings is 1. The third kappa shape index (κ3) is 8.64. The molecule has 10 nitrogen and oxygen atoms in total. The van der Waals surface area contributed by atoms with E-state index in [4.69, 9.17) is 26.1 Å². The molecule has 0 aliphatic carbocycles. The average Bonchev–Trinajstić information content (AvgIpc) is 3.54. The summed E-state index contributed by atoms with van der Waals surface area (Å²) in [7, 11) is 0. The molecule has 3 aliphatic rings. The second-order valence-corrected chi connectivity index (χ2v) is 15.5. The van der Waals surface area contributed by atoms with Gasteiger partial charge in [-0.15, -0.1) is 0 Å². The smallest absolute Gasteiger partial charge is 0.410 e. The van der Waals surface area contributed by atoms with Gasteiger partial charge in [-0.2, -0.15) is 5.26 Å². The summed E-state index contributed by atoms with van der Waals surface area (Å²) in [6.07, 6.45) is 2.68. The zero-order chi connectivity index (χ0) is 34.8. The number of anilines is 1. The van der Waals surface area contributed by atoms with Crippen molar-refractivity contribution in [3.8, 4) is 11.8 Å². The molecule has 4 heterocycles. The van der Waals surface area contributed by atoms with Crippen LogP contribution in [0, 0.1) is 17.2 Å². The lowest BCUT2D eigenvalue weighted by atomic mass is 9.78. The quantitative estimate of drug-likeness (QED) is 0.270. The molecule has 3 fully saturated rings. The average molecular weight is 686 g/mol. The van der Waals surface area contributed by atoms with E-state index in [1.54, 1.807) is 6.07 Å². The van der Waals surface area contributed by atoms with Crippen LogP contribution in [-0.2, 0) is 16.8 Å². The zero-order valence-electron chi connectivity index (χ0n) is 29.4. The Balaban J connectivity index is 0.936. The molecule has 0 saturated carbocycles. The number of benzene rings is 2. The predicted molar refractivity (Wildman–Crippen MR) is 191 cm³/mol. The highest BCUT2D eigenvalue weighted by molar-refractivity contribution is 6.30. The molecule has 0 N–H and O–H groups in total. The molecule has 6 rings (SSSR count). The van der Waals surface area contributed by atoms with Crippen LogP contribution >= 0.6 is 11.6 Å². The first-order valence-electron chi connectivity index (χ1n) is 17.3. The summed E-state index contributed by atoms with van der Waals surface area (Å²) in [5, 5.41) is 9.94. The summed E-state index contributed by atoms with van der Waals surface area (Å²) in [6, 6.07) is 18.3. The van der Waals surface area contributed by atoms with Crippen molar-refractivity contribution >= 4 is 23.6 Å². The Hall–Kier alpha value is -3.91. The Labute approximate surface area is 295 Å². The first kappa shape index (κ1) is 34.9. The Bertz CT molecular complexity index is 1650. The van der Waals surface area contributed by atoms with Gasteiger partial charge in [0.15, 0.2) is 0 Å². The number of nitrogens with zero attached hydrogens (tertiary/aromatic N) is 7. The van der Waals surface area contributed by atoms with Crippen LogP contribution in [0.2, 0.25) is 5.02 Å². The molecule has 0 bridgehead atoms. The first-order chi connectivity index (χ1) is 23.4. The minimum atomic E-state index is -0.453. The molecule has 49 heavy (non-hydrogen) atoms. The molecule has 3 aromatic rings. The second kappa shape index (κ2) is 14.5. The van der Waals surface area contributed by atoms with Gasteiger partial charge in [0.2, 0.25) is 5.95 Å². The van der Waals surface area contributed by atoms with E-state index in [1.807, 2.05) is 62.2 Å². The van der Waals surface area contributed by atoms with E-state index in [0.29, 0.717) is 29.2 Å². The molecule has 260 valence electrons. The number of amides is 1. The Kier molecular flexibility index (Phi) is 10.4. The van der Waals surface area contributed by atoms with Crippen molar-refractivity contribution in [2.24, 2.45) is 5.92 Å². The van der Waals surface area contributed by atoms with Crippen LogP contribution in [0.15, 0.2) is 54.7 Å². The standard InChI is InChI=1S/C38H48ClN7O3/c1-37(2,3)49-36(47)46-13-11-27(23-46)22-43-24-33(25-43)44-14-16-45(17-15-44)35-41-12-10-32(42-35)26-48-34-8-6-29(7-9-34)38(4,5)30-18-28(21-40)19-31(39)20-30/h6-10,12,18-20,27,33H,11,13-17,22-26H2,1-5H3. The van der Waals surface area contributed by atoms with E-state index in [1.165, 1.54) is 0 Å². The Morgan fingerprint density at radius 2 is 1.69 bits per heavy atom. The van der Waals surface area contributed by atoms with Gasteiger partial charge in [-0.25, -0.2) is 14.8 Å². The van der Waals surface area contributed by atoms with E-state index in [9.17, 15) is 10.1 Å². The molecule has 2 aromatic carbocycles. The number of rotatable bonds is 9. The number of carbonyl (C=O) groups excluding carboxylic acids is 1. The Morgan fingerprint density at radius 1 is 0.959 bits per heavy atom. The zero-order valence-corrected chi connectivity index (χ0v) is 30.1. The molecule has 11 heteroatoms. The highest BCUT2D eigenvalue weighted by Gasteiger charge is 2.37. The fourth-order valence-corrected chi connectivity index (χ4v) is 7.21. The first-order valence-corrected chi connectivity index (χ1v) is 17.7. The van der Waals surface area contributed by atoms with Crippen LogP contribution in [-0.4, -0.2) is 101 Å². The number of likely N-dealkylation sites (tertiary alicyclic amines) is 2. The van der Waals surface area contributed by atoms with Crippen LogP contribution in [0.3, 0.4) is 0 Å². The van der Waals surface area contributed by atoms with Crippen LogP contribution in [0.25, 0.3) is 0 Å². The Morgan fingerprint density at radius 3 is 2.39 bits per heavy atom. The monoisotopic (exact) mass is 685 g/mol. The molecule has 0 radical (unpaired) electrons. The third-order valence-corrected chi connectivity index (χ3v) is 10.1. The molecule has 1 aromatic heterocycles. The van der Waals surface area contributed by atoms with Gasteiger partial charge in [0.05, 0.1) is 17.3 Å². The largest absolute Gasteiger partial charge is 0.487 e. The molecule has 3 saturated heterocycles. The maximum absolute atomic E-state index is 12.4. The summed E-state index contributed by atoms with van der Waals surface area (Å²) < 4.78 is 11.7. The van der Waals surface area contributed by atoms with Gasteiger partial charge in [-0.1, -0.05) is 37.6 Å². The normalized spacial score (nSPS) is 19.4. The van der Waals surface area contributed by atoms with Crippen LogP contribution in [0.1, 0.15) is 63.4 Å². The molecule has 1 unspecified atom stereocenters. The number of ether oxygens (including phenoxy) is 2. The van der Waals surface area contributed by atoms with E-state index in [-0.39, 0.29) is 11.5 Å². The van der Waals surface area contributed by atoms with Crippen molar-refractivity contribution in [2.75, 3.05) is 63.8 Å². The lowest BCUT2D eigenvalue weighted by Gasteiger charge is -2.48. The lowest BCUT2D eigenvalue weighted by molar-refractivity contribution is 0.0178. The predicted octanol–water partition coefficient (Wildman–Crippen LogP) is 5.97. The van der Waals surface area contributed by atoms with Crippen LogP contribution in [0.4, 0.5) is 10.7 Å². The highest BCUT2D eigenvalue weighted by atomic mass is 35.5. The molecule has 0 spiro atoms. The van der Waals surface area contributed by atoms with Gasteiger partial charge < -0.3 is 19.3 Å². The summed E-state index contributed by atoms with van der Waals surface area (Å²) in [4.78, 5) is 31.1. The molecule has 3 aliphatic heterocycles. The minimum Gasteiger partial charge on any atom is -0.487 e. The minimum absolute atomic E-state index is 0.186. The number of halogens is 1. The fraction of sp³-hybridized carbons (Fsp3) is 0.526. The number of aromatic nitrogens is 2. The number of carbonyl (C=O) groups is 1. The van der Waals surface area contributed by atoms with E-state index >= 15 is 0 Å². The highest BCUT2D eigenvalue weighted by Crippen LogP contribution is 2.34. The molecular formula is C38H48ClN7O3. The maximum Gasteiger partial charge on any atom is 0.410 e. The second-order valence-electron chi connectivity index (χ2n) is 15.1. The maximum atomic E-state index is 12.4. The van der Waals surface area contributed by atoms with E-state index in [2.05, 4.69) is 51.7 Å². The molecule has 1 atom stereocenters. The fourth-order valence-electron chi connectivity index (χ4n) is 6.97. The molecular weight excluding hydrogens is 638 g/mol. The van der Waals surface area contributed by atoms with Gasteiger partial charge in [-0.05, 0) is 80.6 Å². The van der Waals surface area contributed by atoms with Crippen molar-refractivity contribution in [1.82, 2.24) is 24.7 Å². The van der Waals surface area contributed by atoms with Crippen molar-refractivity contribution in [3.05, 3.63) is 82.1 Å². The summed E-state index contributed by atoms with van der Waals surface area (Å²) in [5.41, 5.74) is 2.70. The molecule has 1 amide bonds. The third-order valence-electron chi connectivity index (χ3n) is 9.92. The SMILES string of the molecule is CC(C)(C)OC(=O)N1CCC(CN2CC(N3CCN(c4nccc(COc5ccc(C(C)(C)c6cc(Cl)cc(C#N)c6)cc5)n4)CC3)C2)C1. The number of hydrogen-bond acceptors (Lipinski definition) is 9. The number of nitriles is 1. The van der Waals surface area contributed by atoms with Crippen LogP contribution in [0.5, 0.6) is 5.75 Å². The summed E-state index contributed by atoms with van der Waals surface area (Å²) >= 11 is 6.29. The van der Waals surface area contributed by atoms with E-state index in [0.717, 1.165) is 93.8 Å². The lowest BCUT2D eigenvalue weighted by Crippen LogP contribution is -2.63. The van der Waals surface area contributed by atoms with Crippen molar-refractivity contribution in [3.63, 3.8) is 0 Å². The van der Waals surface area contributed by atoms with Gasteiger partial charge >= 0.3 is 6.09 Å².